The molecule has 0 aliphatic carbocycles. The maximum Gasteiger partial charge on any atom is 0.284 e. The van der Waals surface area contributed by atoms with Gasteiger partial charge in [-0.15, -0.1) is 22.7 Å². The number of hydrogen-bond acceptors (Lipinski definition) is 8. The summed E-state index contributed by atoms with van der Waals surface area (Å²) < 4.78 is 0. The van der Waals surface area contributed by atoms with E-state index in [9.17, 15) is 9.59 Å². The van der Waals surface area contributed by atoms with E-state index in [1.807, 2.05) is 43.6 Å². The highest BCUT2D eigenvalue weighted by atomic mass is 32.1. The molecule has 0 radical (unpaired) electrons. The van der Waals surface area contributed by atoms with Gasteiger partial charge in [0.2, 0.25) is 0 Å². The molecule has 0 saturated carbocycles. The number of nitrogens with zero attached hydrogens (tertiary/aromatic N) is 4. The molecule has 4 aromatic rings. The Bertz CT molecular complexity index is 1460. The monoisotopic (exact) mass is 599 g/mol. The van der Waals surface area contributed by atoms with E-state index in [2.05, 4.69) is 44.1 Å². The molecule has 0 bridgehead atoms. The van der Waals surface area contributed by atoms with Crippen LogP contribution in [0.15, 0.2) is 48.8 Å². The van der Waals surface area contributed by atoms with Gasteiger partial charge in [-0.3, -0.25) is 19.4 Å². The molecule has 2 aliphatic heterocycles. The van der Waals surface area contributed by atoms with Gasteiger partial charge < -0.3 is 5.32 Å². The molecule has 2 aliphatic rings. The molecular weight excluding hydrogens is 563 g/mol. The third kappa shape index (κ3) is 6.54. The lowest BCUT2D eigenvalue weighted by Crippen LogP contribution is -2.17. The van der Waals surface area contributed by atoms with Crippen LogP contribution in [0.1, 0.15) is 71.7 Å². The average Bonchev–Trinajstić information content (AvgIpc) is 3.81. The summed E-state index contributed by atoms with van der Waals surface area (Å²) in [6.45, 7) is 10.3. The van der Waals surface area contributed by atoms with Crippen LogP contribution in [0.3, 0.4) is 0 Å². The number of thiazole rings is 2. The van der Waals surface area contributed by atoms with Crippen molar-refractivity contribution < 1.29 is 9.59 Å². The number of nitrogens with one attached hydrogen (secondary N) is 1. The Hall–Kier alpha value is -3.24. The minimum Gasteiger partial charge on any atom is -0.320 e. The maximum atomic E-state index is 13.2. The van der Waals surface area contributed by atoms with Crippen LogP contribution >= 0.6 is 22.7 Å². The van der Waals surface area contributed by atoms with Crippen molar-refractivity contribution in [2.45, 2.75) is 59.0 Å². The molecule has 4 heterocycles. The van der Waals surface area contributed by atoms with E-state index in [1.165, 1.54) is 48.4 Å². The molecule has 1 N–H and O–H groups in total. The predicted octanol–water partition coefficient (Wildman–Crippen LogP) is 6.75. The van der Waals surface area contributed by atoms with E-state index in [4.69, 9.17) is 0 Å². The zero-order valence-corrected chi connectivity index (χ0v) is 26.0. The largest absolute Gasteiger partial charge is 0.320 e. The van der Waals surface area contributed by atoms with Gasteiger partial charge in [-0.2, -0.15) is 0 Å². The molecule has 7 nitrogen and oxygen atoms in total. The standard InChI is InChI=1S/C33H37N5O2S2/c1-22-24(17-30(39)32-34-18-25(41-32)20-37-13-3-4-14-37)9-7-10-27(22)28-11-8-12-29(23(28)2)36-31(40)33-35-19-26(42-33)21-38-15-5-6-16-38/h7-12,18-19H,3-6,13-17,20-21H2,1-2H3,(H,36,40). The summed E-state index contributed by atoms with van der Waals surface area (Å²) in [5.41, 5.74) is 5.91. The number of hydrogen-bond donors (Lipinski definition) is 1. The van der Waals surface area contributed by atoms with Gasteiger partial charge in [-0.1, -0.05) is 30.3 Å². The quantitative estimate of drug-likeness (QED) is 0.203. The number of likely N-dealkylation sites (tertiary alicyclic amines) is 2. The number of amides is 1. The van der Waals surface area contributed by atoms with Gasteiger partial charge in [-0.05, 0) is 99.6 Å². The third-order valence-electron chi connectivity index (χ3n) is 8.37. The predicted molar refractivity (Wildman–Crippen MR) is 171 cm³/mol. The minimum atomic E-state index is -0.184. The van der Waals surface area contributed by atoms with Crippen molar-refractivity contribution in [3.8, 4) is 11.1 Å². The van der Waals surface area contributed by atoms with Crippen LogP contribution < -0.4 is 5.32 Å². The van der Waals surface area contributed by atoms with E-state index in [0.29, 0.717) is 16.4 Å². The van der Waals surface area contributed by atoms with Gasteiger partial charge in [0.25, 0.3) is 5.91 Å². The summed E-state index contributed by atoms with van der Waals surface area (Å²) in [7, 11) is 0. The highest BCUT2D eigenvalue weighted by Crippen LogP contribution is 2.33. The Morgan fingerprint density at radius 1 is 0.762 bits per heavy atom. The molecule has 2 aromatic heterocycles. The number of benzene rings is 2. The summed E-state index contributed by atoms with van der Waals surface area (Å²) in [5, 5.41) is 4.16. The van der Waals surface area contributed by atoms with Crippen molar-refractivity contribution in [2.75, 3.05) is 31.5 Å². The van der Waals surface area contributed by atoms with Gasteiger partial charge in [0.1, 0.15) is 0 Å². The minimum absolute atomic E-state index is 0.0539. The van der Waals surface area contributed by atoms with Crippen molar-refractivity contribution in [1.29, 1.82) is 0 Å². The molecule has 2 saturated heterocycles. The van der Waals surface area contributed by atoms with Crippen LogP contribution in [0.25, 0.3) is 11.1 Å². The molecule has 9 heteroatoms. The summed E-state index contributed by atoms with van der Waals surface area (Å²) >= 11 is 2.99. The van der Waals surface area contributed by atoms with Crippen molar-refractivity contribution in [3.63, 3.8) is 0 Å². The second-order valence-corrected chi connectivity index (χ2v) is 13.6. The molecule has 1 amide bonds. The van der Waals surface area contributed by atoms with E-state index >= 15 is 0 Å². The summed E-state index contributed by atoms with van der Waals surface area (Å²) in [5.74, 6) is -0.130. The second kappa shape index (κ2) is 13.0. The molecule has 2 fully saturated rings. The first-order valence-electron chi connectivity index (χ1n) is 14.8. The highest BCUT2D eigenvalue weighted by Gasteiger charge is 2.20. The molecule has 0 spiro atoms. The Balaban J connectivity index is 1.15. The Kier molecular flexibility index (Phi) is 8.90. The number of carbonyl (C=O) groups excluding carboxylic acids is 2. The molecule has 218 valence electrons. The number of carbonyl (C=O) groups is 2. The Morgan fingerprint density at radius 3 is 1.95 bits per heavy atom. The fraction of sp³-hybridized carbons (Fsp3) is 0.394. The van der Waals surface area contributed by atoms with Gasteiger partial charge in [0.15, 0.2) is 15.8 Å². The van der Waals surface area contributed by atoms with Crippen molar-refractivity contribution in [2.24, 2.45) is 0 Å². The summed E-state index contributed by atoms with van der Waals surface area (Å²) in [6.07, 6.45) is 9.00. The lowest BCUT2D eigenvalue weighted by Gasteiger charge is -2.16. The van der Waals surface area contributed by atoms with E-state index < -0.39 is 0 Å². The van der Waals surface area contributed by atoms with Gasteiger partial charge >= 0.3 is 0 Å². The SMILES string of the molecule is Cc1c(CC(=O)c2ncc(CN3CCCC3)s2)cccc1-c1cccc(NC(=O)c2ncc(CN3CCCC3)s2)c1C. The van der Waals surface area contributed by atoms with Gasteiger partial charge in [0.05, 0.1) is 0 Å². The smallest absolute Gasteiger partial charge is 0.284 e. The Morgan fingerprint density at radius 2 is 1.31 bits per heavy atom. The number of anilines is 1. The third-order valence-corrected chi connectivity index (χ3v) is 10.4. The fourth-order valence-corrected chi connectivity index (χ4v) is 7.71. The number of Topliss-reactive ketones (excluding diaryl/α,β-unsaturated/α-hetero) is 1. The van der Waals surface area contributed by atoms with Crippen LogP contribution in [0.4, 0.5) is 5.69 Å². The first kappa shape index (κ1) is 28.9. The number of ketones is 1. The van der Waals surface area contributed by atoms with E-state index in [0.717, 1.165) is 82.5 Å². The van der Waals surface area contributed by atoms with Crippen molar-refractivity contribution >= 4 is 40.1 Å². The molecule has 6 rings (SSSR count). The van der Waals surface area contributed by atoms with Crippen LogP contribution in [0.5, 0.6) is 0 Å². The van der Waals surface area contributed by atoms with Crippen molar-refractivity contribution in [1.82, 2.24) is 19.8 Å². The first-order valence-corrected chi connectivity index (χ1v) is 16.4. The number of aromatic nitrogens is 2. The summed E-state index contributed by atoms with van der Waals surface area (Å²) in [6, 6.07) is 12.1. The lowest BCUT2D eigenvalue weighted by molar-refractivity contribution is 0.0990. The zero-order chi connectivity index (χ0) is 29.1. The normalized spacial score (nSPS) is 15.9. The van der Waals surface area contributed by atoms with E-state index in [-0.39, 0.29) is 11.7 Å². The van der Waals surface area contributed by atoms with Crippen LogP contribution in [-0.2, 0) is 19.5 Å². The topological polar surface area (TPSA) is 78.4 Å². The Labute approximate surface area is 255 Å². The van der Waals surface area contributed by atoms with Gasteiger partial charge in [0, 0.05) is 47.3 Å². The van der Waals surface area contributed by atoms with Crippen LogP contribution in [0, 0.1) is 13.8 Å². The van der Waals surface area contributed by atoms with Crippen LogP contribution in [0.2, 0.25) is 0 Å². The maximum absolute atomic E-state index is 13.2. The average molecular weight is 600 g/mol. The van der Waals surface area contributed by atoms with Gasteiger partial charge in [-0.25, -0.2) is 9.97 Å². The first-order chi connectivity index (χ1) is 20.4. The molecule has 0 unspecified atom stereocenters. The van der Waals surface area contributed by atoms with Crippen LogP contribution in [-0.4, -0.2) is 57.6 Å². The zero-order valence-electron chi connectivity index (χ0n) is 24.3. The molecule has 2 aromatic carbocycles. The van der Waals surface area contributed by atoms with E-state index in [1.54, 1.807) is 0 Å². The number of rotatable bonds is 10. The molecular formula is C33H37N5O2S2. The molecule has 0 atom stereocenters. The highest BCUT2D eigenvalue weighted by molar-refractivity contribution is 7.14. The van der Waals surface area contributed by atoms with Crippen molar-refractivity contribution in [3.05, 3.63) is 85.3 Å². The lowest BCUT2D eigenvalue weighted by atomic mass is 9.91. The summed E-state index contributed by atoms with van der Waals surface area (Å²) in [4.78, 5) is 42.3. The molecule has 42 heavy (non-hydrogen) atoms. The fourth-order valence-electron chi connectivity index (χ4n) is 5.97. The second-order valence-electron chi connectivity index (χ2n) is 11.4.